The molecule has 3 rings (SSSR count). The van der Waals surface area contributed by atoms with Gasteiger partial charge in [0, 0.05) is 6.61 Å². The first-order chi connectivity index (χ1) is 18.9. The molecule has 40 heavy (non-hydrogen) atoms. The molecule has 3 heterocycles. The van der Waals surface area contributed by atoms with Crippen molar-refractivity contribution in [2.75, 3.05) is 33.0 Å². The van der Waals surface area contributed by atoms with Crippen LogP contribution in [0.3, 0.4) is 0 Å². The quantitative estimate of drug-likeness (QED) is 0.0954. The van der Waals surface area contributed by atoms with Gasteiger partial charge >= 0.3 is 0 Å². The lowest BCUT2D eigenvalue weighted by molar-refractivity contribution is -0.349. The Hall–Kier alpha value is -0.640. The van der Waals surface area contributed by atoms with Crippen molar-refractivity contribution >= 4 is 0 Å². The Morgan fingerprint density at radius 2 is 1.25 bits per heavy atom. The Morgan fingerprint density at radius 3 is 1.85 bits per heavy atom. The zero-order valence-electron chi connectivity index (χ0n) is 22.5. The number of nitrogens with two attached hydrogens (primary N) is 1. The van der Waals surface area contributed by atoms with E-state index in [0.29, 0.717) is 19.6 Å². The van der Waals surface area contributed by atoms with Gasteiger partial charge in [0.1, 0.15) is 73.2 Å². The molecule has 0 amide bonds. The SMILES string of the molecule is CC(C)C1OC(COC2OC(COCCCN)C(O)C(O)C2O)C(O)C(OC2OC(CO)C(O)C(O)C2O)C1O. The lowest BCUT2D eigenvalue weighted by atomic mass is 9.89. The van der Waals surface area contributed by atoms with Crippen LogP contribution in [0.4, 0.5) is 0 Å². The van der Waals surface area contributed by atoms with Gasteiger partial charge in [0.2, 0.25) is 0 Å². The van der Waals surface area contributed by atoms with E-state index in [1.807, 2.05) is 0 Å². The van der Waals surface area contributed by atoms with Crippen molar-refractivity contribution in [3.8, 4) is 0 Å². The van der Waals surface area contributed by atoms with Crippen LogP contribution in [0.15, 0.2) is 0 Å². The molecule has 0 saturated carbocycles. The summed E-state index contributed by atoms with van der Waals surface area (Å²) in [5.74, 6) is -0.297. The standard InChI is InChI=1S/C24H45NO15/c1-9(2)21-20(34)22(40-24-19(33)16(30)13(27)10(6-26)38-24)15(29)12(37-21)8-36-23-18(32)17(31)14(28)11(39-23)7-35-5-3-4-25/h9-24,26-34H,3-8,25H2,1-2H3. The summed E-state index contributed by atoms with van der Waals surface area (Å²) in [6.45, 7) is 2.96. The number of rotatable bonds is 12. The van der Waals surface area contributed by atoms with E-state index in [1.165, 1.54) is 0 Å². The molecule has 0 aromatic rings. The molecule has 16 nitrogen and oxygen atoms in total. The Morgan fingerprint density at radius 1 is 0.675 bits per heavy atom. The third kappa shape index (κ3) is 7.65. The van der Waals surface area contributed by atoms with Gasteiger partial charge in [-0.25, -0.2) is 0 Å². The molecule has 3 fully saturated rings. The molecule has 3 saturated heterocycles. The maximum atomic E-state index is 11.1. The minimum absolute atomic E-state index is 0.107. The number of hydrogen-bond donors (Lipinski definition) is 10. The average Bonchev–Trinajstić information content (AvgIpc) is 2.93. The Labute approximate surface area is 231 Å². The summed E-state index contributed by atoms with van der Waals surface area (Å²) < 4.78 is 33.6. The predicted molar refractivity (Wildman–Crippen MR) is 131 cm³/mol. The first kappa shape index (κ1) is 33.9. The van der Waals surface area contributed by atoms with Crippen molar-refractivity contribution in [2.24, 2.45) is 11.7 Å². The van der Waals surface area contributed by atoms with E-state index in [-0.39, 0.29) is 12.5 Å². The topological polar surface area (TPSA) is 263 Å². The largest absolute Gasteiger partial charge is 0.394 e. The van der Waals surface area contributed by atoms with E-state index in [0.717, 1.165) is 0 Å². The van der Waals surface area contributed by atoms with Crippen molar-refractivity contribution in [3.63, 3.8) is 0 Å². The van der Waals surface area contributed by atoms with Gasteiger partial charge in [0.25, 0.3) is 0 Å². The second-order valence-electron chi connectivity index (χ2n) is 10.7. The maximum absolute atomic E-state index is 11.1. The van der Waals surface area contributed by atoms with E-state index >= 15 is 0 Å². The highest BCUT2D eigenvalue weighted by molar-refractivity contribution is 4.97. The van der Waals surface area contributed by atoms with Gasteiger partial charge in [-0.15, -0.1) is 0 Å². The van der Waals surface area contributed by atoms with Gasteiger partial charge in [-0.1, -0.05) is 13.8 Å². The molecule has 15 atom stereocenters. The van der Waals surface area contributed by atoms with Crippen LogP contribution in [0.25, 0.3) is 0 Å². The number of aliphatic hydroxyl groups excluding tert-OH is 9. The van der Waals surface area contributed by atoms with E-state index in [2.05, 4.69) is 0 Å². The molecule has 0 spiro atoms. The average molecular weight is 588 g/mol. The zero-order chi connectivity index (χ0) is 29.7. The summed E-state index contributed by atoms with van der Waals surface area (Å²) in [4.78, 5) is 0. The van der Waals surface area contributed by atoms with Crippen LogP contribution in [0.1, 0.15) is 20.3 Å². The highest BCUT2D eigenvalue weighted by Crippen LogP contribution is 2.32. The fourth-order valence-electron chi connectivity index (χ4n) is 4.91. The van der Waals surface area contributed by atoms with Crippen molar-refractivity contribution in [3.05, 3.63) is 0 Å². The zero-order valence-corrected chi connectivity index (χ0v) is 22.5. The van der Waals surface area contributed by atoms with E-state index in [1.54, 1.807) is 13.8 Å². The second-order valence-corrected chi connectivity index (χ2v) is 10.7. The van der Waals surface area contributed by atoms with Gasteiger partial charge in [0.05, 0.1) is 25.9 Å². The van der Waals surface area contributed by atoms with Crippen LogP contribution in [-0.4, -0.2) is 171 Å². The smallest absolute Gasteiger partial charge is 0.187 e. The molecular weight excluding hydrogens is 542 g/mol. The van der Waals surface area contributed by atoms with Crippen LogP contribution in [0, 0.1) is 5.92 Å². The monoisotopic (exact) mass is 587 g/mol. The van der Waals surface area contributed by atoms with Crippen molar-refractivity contribution in [2.45, 2.75) is 112 Å². The van der Waals surface area contributed by atoms with Crippen LogP contribution < -0.4 is 5.73 Å². The van der Waals surface area contributed by atoms with E-state index in [4.69, 9.17) is 34.2 Å². The molecule has 3 aliphatic rings. The summed E-state index contributed by atoms with van der Waals surface area (Å²) >= 11 is 0. The summed E-state index contributed by atoms with van der Waals surface area (Å²) in [7, 11) is 0. The van der Waals surface area contributed by atoms with Crippen molar-refractivity contribution in [1.82, 2.24) is 0 Å². The normalized spacial score (nSPS) is 46.6. The third-order valence-electron chi connectivity index (χ3n) is 7.39. The lowest BCUT2D eigenvalue weighted by Crippen LogP contribution is -2.65. The molecule has 16 heteroatoms. The Balaban J connectivity index is 1.69. The second kappa shape index (κ2) is 15.2. The number of hydrogen-bond acceptors (Lipinski definition) is 16. The fraction of sp³-hybridized carbons (Fsp3) is 1.00. The minimum atomic E-state index is -1.77. The summed E-state index contributed by atoms with van der Waals surface area (Å²) in [6.07, 6.45) is -21.2. The van der Waals surface area contributed by atoms with Crippen LogP contribution in [0.5, 0.6) is 0 Å². The molecule has 236 valence electrons. The highest BCUT2D eigenvalue weighted by atomic mass is 16.7. The molecular formula is C24H45NO15. The van der Waals surface area contributed by atoms with E-state index < -0.39 is 105 Å². The summed E-state index contributed by atoms with van der Waals surface area (Å²) in [5, 5.41) is 92.9. The Bertz CT molecular complexity index is 749. The molecule has 0 aliphatic carbocycles. The van der Waals surface area contributed by atoms with Gasteiger partial charge in [-0.2, -0.15) is 0 Å². The first-order valence-corrected chi connectivity index (χ1v) is 13.5. The summed E-state index contributed by atoms with van der Waals surface area (Å²) in [5.41, 5.74) is 5.43. The molecule has 0 radical (unpaired) electrons. The maximum Gasteiger partial charge on any atom is 0.187 e. The van der Waals surface area contributed by atoms with Gasteiger partial charge < -0.3 is 80.1 Å². The van der Waals surface area contributed by atoms with Crippen LogP contribution >= 0.6 is 0 Å². The third-order valence-corrected chi connectivity index (χ3v) is 7.39. The van der Waals surface area contributed by atoms with Gasteiger partial charge in [0.15, 0.2) is 12.6 Å². The molecule has 0 aromatic carbocycles. The van der Waals surface area contributed by atoms with Gasteiger partial charge in [-0.3, -0.25) is 0 Å². The first-order valence-electron chi connectivity index (χ1n) is 13.5. The Kier molecular flexibility index (Phi) is 12.9. The predicted octanol–water partition coefficient (Wildman–Crippen LogP) is -5.49. The van der Waals surface area contributed by atoms with Crippen LogP contribution in [-0.2, 0) is 28.4 Å². The van der Waals surface area contributed by atoms with Crippen molar-refractivity contribution < 1.29 is 74.4 Å². The number of ether oxygens (including phenoxy) is 6. The van der Waals surface area contributed by atoms with E-state index in [9.17, 15) is 46.0 Å². The highest BCUT2D eigenvalue weighted by Gasteiger charge is 2.52. The van der Waals surface area contributed by atoms with Crippen molar-refractivity contribution in [1.29, 1.82) is 0 Å². The van der Waals surface area contributed by atoms with Crippen LogP contribution in [0.2, 0.25) is 0 Å². The molecule has 3 aliphatic heterocycles. The minimum Gasteiger partial charge on any atom is -0.394 e. The number of aliphatic hydroxyl groups is 9. The van der Waals surface area contributed by atoms with Gasteiger partial charge in [-0.05, 0) is 18.9 Å². The lowest BCUT2D eigenvalue weighted by Gasteiger charge is -2.47. The molecule has 11 N–H and O–H groups in total. The molecule has 0 aromatic heterocycles. The fourth-order valence-corrected chi connectivity index (χ4v) is 4.91. The molecule has 15 unspecified atom stereocenters. The molecule has 0 bridgehead atoms. The summed E-state index contributed by atoms with van der Waals surface area (Å²) in [6, 6.07) is 0.